The summed E-state index contributed by atoms with van der Waals surface area (Å²) in [4.78, 5) is 19.2. The second-order valence-corrected chi connectivity index (χ2v) is 5.84. The lowest BCUT2D eigenvalue weighted by Crippen LogP contribution is -2.25. The van der Waals surface area contributed by atoms with Crippen LogP contribution in [0.25, 0.3) is 11.0 Å². The number of rotatable bonds is 6. The number of hydrogen-bond donors (Lipinski definition) is 2. The van der Waals surface area contributed by atoms with Gasteiger partial charge >= 0.3 is 0 Å². The highest BCUT2D eigenvalue weighted by Gasteiger charge is 2.03. The first-order valence-corrected chi connectivity index (χ1v) is 7.95. The minimum atomic E-state index is 0.105. The number of fused-ring (bicyclic) bond motifs is 1. The average molecular weight is 307 g/mol. The van der Waals surface area contributed by atoms with Crippen molar-refractivity contribution in [2.45, 2.75) is 26.2 Å². The Bertz CT molecular complexity index is 790. The Kier molecular flexibility index (Phi) is 4.71. The van der Waals surface area contributed by atoms with Crippen LogP contribution in [0, 0.1) is 6.92 Å². The lowest BCUT2D eigenvalue weighted by molar-refractivity contribution is -0.121. The second-order valence-electron chi connectivity index (χ2n) is 5.84. The first kappa shape index (κ1) is 15.3. The molecule has 1 heterocycles. The molecule has 3 rings (SSSR count). The molecule has 3 aromatic rings. The van der Waals surface area contributed by atoms with Gasteiger partial charge in [0.05, 0.1) is 17.4 Å². The average Bonchev–Trinajstić information content (AvgIpc) is 3.02. The molecule has 0 spiro atoms. The maximum absolute atomic E-state index is 11.9. The zero-order chi connectivity index (χ0) is 16.1. The predicted molar refractivity (Wildman–Crippen MR) is 92.3 cm³/mol. The van der Waals surface area contributed by atoms with Crippen LogP contribution >= 0.6 is 0 Å². The van der Waals surface area contributed by atoms with E-state index in [1.165, 1.54) is 16.7 Å². The first-order chi connectivity index (χ1) is 11.2. The quantitative estimate of drug-likeness (QED) is 0.735. The number of imidazole rings is 1. The number of carbonyl (C=O) groups excluding carboxylic acids is 1. The molecule has 0 fully saturated rings. The summed E-state index contributed by atoms with van der Waals surface area (Å²) >= 11 is 0. The van der Waals surface area contributed by atoms with Crippen LogP contribution in [-0.4, -0.2) is 22.4 Å². The highest BCUT2D eigenvalue weighted by atomic mass is 16.1. The molecule has 4 heteroatoms. The summed E-state index contributed by atoms with van der Waals surface area (Å²) in [5, 5.41) is 2.99. The third-order valence-corrected chi connectivity index (χ3v) is 3.98. The highest BCUT2D eigenvalue weighted by Crippen LogP contribution is 2.11. The third-order valence-electron chi connectivity index (χ3n) is 3.98. The fourth-order valence-corrected chi connectivity index (χ4v) is 2.59. The number of benzene rings is 2. The third kappa shape index (κ3) is 4.19. The minimum Gasteiger partial charge on any atom is -0.356 e. The number of nitrogens with one attached hydrogen (secondary N) is 2. The Labute approximate surface area is 136 Å². The van der Waals surface area contributed by atoms with Gasteiger partial charge in [0, 0.05) is 13.0 Å². The van der Waals surface area contributed by atoms with Gasteiger partial charge in [-0.15, -0.1) is 0 Å². The van der Waals surface area contributed by atoms with Crippen molar-refractivity contribution in [1.29, 1.82) is 0 Å². The van der Waals surface area contributed by atoms with E-state index in [-0.39, 0.29) is 5.91 Å². The summed E-state index contributed by atoms with van der Waals surface area (Å²) in [6.45, 7) is 2.73. The molecule has 2 aromatic carbocycles. The molecule has 118 valence electrons. The molecule has 0 atom stereocenters. The summed E-state index contributed by atoms with van der Waals surface area (Å²) in [5.74, 6) is 0.105. The van der Waals surface area contributed by atoms with E-state index in [0.29, 0.717) is 13.0 Å². The molecule has 0 saturated carbocycles. The Hall–Kier alpha value is -2.62. The monoisotopic (exact) mass is 307 g/mol. The van der Waals surface area contributed by atoms with E-state index >= 15 is 0 Å². The minimum absolute atomic E-state index is 0.105. The van der Waals surface area contributed by atoms with E-state index in [2.05, 4.69) is 58.6 Å². The number of aromatic nitrogens is 2. The van der Waals surface area contributed by atoms with Crippen LogP contribution in [0.1, 0.15) is 23.1 Å². The van der Waals surface area contributed by atoms with Crippen LogP contribution in [-0.2, 0) is 17.6 Å². The zero-order valence-electron chi connectivity index (χ0n) is 13.3. The van der Waals surface area contributed by atoms with Crippen molar-refractivity contribution >= 4 is 16.9 Å². The molecule has 0 saturated heterocycles. The number of H-pyrrole nitrogens is 1. The Morgan fingerprint density at radius 2 is 1.87 bits per heavy atom. The molecule has 23 heavy (non-hydrogen) atoms. The van der Waals surface area contributed by atoms with Gasteiger partial charge in [-0.25, -0.2) is 4.98 Å². The van der Waals surface area contributed by atoms with E-state index in [0.717, 1.165) is 23.9 Å². The van der Waals surface area contributed by atoms with Gasteiger partial charge in [-0.3, -0.25) is 4.79 Å². The standard InChI is InChI=1S/C19H21N3O/c1-14-2-4-15(5-3-14)7-9-19(23)20-11-10-16-6-8-17-18(12-16)22-13-21-17/h2-6,8,12-13H,7,9-11H2,1H3,(H,20,23)(H,21,22). The van der Waals surface area contributed by atoms with Crippen LogP contribution in [0.3, 0.4) is 0 Å². The number of aryl methyl sites for hydroxylation is 2. The second kappa shape index (κ2) is 7.09. The summed E-state index contributed by atoms with van der Waals surface area (Å²) in [5.41, 5.74) is 5.65. The van der Waals surface area contributed by atoms with E-state index in [1.807, 2.05) is 6.07 Å². The largest absolute Gasteiger partial charge is 0.356 e. The molecular formula is C19H21N3O. The first-order valence-electron chi connectivity index (χ1n) is 7.95. The topological polar surface area (TPSA) is 57.8 Å². The number of aromatic amines is 1. The van der Waals surface area contributed by atoms with Crippen LogP contribution in [0.2, 0.25) is 0 Å². The van der Waals surface area contributed by atoms with Crippen molar-refractivity contribution in [3.63, 3.8) is 0 Å². The lowest BCUT2D eigenvalue weighted by Gasteiger charge is -2.06. The molecule has 0 unspecified atom stereocenters. The number of amides is 1. The lowest BCUT2D eigenvalue weighted by atomic mass is 10.1. The highest BCUT2D eigenvalue weighted by molar-refractivity contribution is 5.76. The SMILES string of the molecule is Cc1ccc(CCC(=O)NCCc2ccc3nc[nH]c3c2)cc1. The van der Waals surface area contributed by atoms with Crippen molar-refractivity contribution in [2.24, 2.45) is 0 Å². The summed E-state index contributed by atoms with van der Waals surface area (Å²) < 4.78 is 0. The fraction of sp³-hybridized carbons (Fsp3) is 0.263. The van der Waals surface area contributed by atoms with Gasteiger partial charge in [-0.05, 0) is 43.0 Å². The van der Waals surface area contributed by atoms with Gasteiger partial charge < -0.3 is 10.3 Å². The van der Waals surface area contributed by atoms with E-state index in [4.69, 9.17) is 0 Å². The molecular weight excluding hydrogens is 286 g/mol. The van der Waals surface area contributed by atoms with Crippen molar-refractivity contribution < 1.29 is 4.79 Å². The summed E-state index contributed by atoms with van der Waals surface area (Å²) in [6, 6.07) is 14.5. The van der Waals surface area contributed by atoms with Gasteiger partial charge in [0.1, 0.15) is 0 Å². The van der Waals surface area contributed by atoms with Crippen LogP contribution in [0.4, 0.5) is 0 Å². The Morgan fingerprint density at radius 3 is 2.70 bits per heavy atom. The zero-order valence-corrected chi connectivity index (χ0v) is 13.3. The van der Waals surface area contributed by atoms with E-state index in [9.17, 15) is 4.79 Å². The van der Waals surface area contributed by atoms with E-state index in [1.54, 1.807) is 6.33 Å². The molecule has 2 N–H and O–H groups in total. The maximum atomic E-state index is 11.9. The number of hydrogen-bond acceptors (Lipinski definition) is 2. The molecule has 1 amide bonds. The van der Waals surface area contributed by atoms with Gasteiger partial charge in [0.2, 0.25) is 5.91 Å². The van der Waals surface area contributed by atoms with Gasteiger partial charge in [-0.1, -0.05) is 35.9 Å². The molecule has 0 aliphatic rings. The van der Waals surface area contributed by atoms with E-state index < -0.39 is 0 Å². The normalized spacial score (nSPS) is 10.8. The van der Waals surface area contributed by atoms with Crippen LogP contribution < -0.4 is 5.32 Å². The molecule has 4 nitrogen and oxygen atoms in total. The van der Waals surface area contributed by atoms with Gasteiger partial charge in [0.15, 0.2) is 0 Å². The number of carbonyl (C=O) groups is 1. The molecule has 1 aromatic heterocycles. The summed E-state index contributed by atoms with van der Waals surface area (Å²) in [7, 11) is 0. The molecule has 0 aliphatic heterocycles. The van der Waals surface area contributed by atoms with Crippen molar-refractivity contribution in [3.8, 4) is 0 Å². The molecule has 0 radical (unpaired) electrons. The predicted octanol–water partition coefficient (Wildman–Crippen LogP) is 3.16. The number of nitrogens with zero attached hydrogens (tertiary/aromatic N) is 1. The smallest absolute Gasteiger partial charge is 0.220 e. The maximum Gasteiger partial charge on any atom is 0.220 e. The fourth-order valence-electron chi connectivity index (χ4n) is 2.59. The van der Waals surface area contributed by atoms with Crippen LogP contribution in [0.5, 0.6) is 0 Å². The van der Waals surface area contributed by atoms with Gasteiger partial charge in [0.25, 0.3) is 0 Å². The Balaban J connectivity index is 1.42. The molecule has 0 bridgehead atoms. The molecule has 0 aliphatic carbocycles. The van der Waals surface area contributed by atoms with Crippen molar-refractivity contribution in [1.82, 2.24) is 15.3 Å². The summed E-state index contributed by atoms with van der Waals surface area (Å²) in [6.07, 6.45) is 3.83. The Morgan fingerprint density at radius 1 is 1.09 bits per heavy atom. The van der Waals surface area contributed by atoms with Crippen LogP contribution in [0.15, 0.2) is 48.8 Å². The van der Waals surface area contributed by atoms with Crippen molar-refractivity contribution in [2.75, 3.05) is 6.54 Å². The van der Waals surface area contributed by atoms with Crippen molar-refractivity contribution in [3.05, 3.63) is 65.5 Å². The van der Waals surface area contributed by atoms with Gasteiger partial charge in [-0.2, -0.15) is 0 Å².